The summed E-state index contributed by atoms with van der Waals surface area (Å²) in [6.07, 6.45) is 2.07. The van der Waals surface area contributed by atoms with Crippen molar-refractivity contribution in [1.82, 2.24) is 4.90 Å². The van der Waals surface area contributed by atoms with Crippen LogP contribution in [0.15, 0.2) is 12.2 Å². The van der Waals surface area contributed by atoms with Crippen LogP contribution < -0.4 is 0 Å². The highest BCUT2D eigenvalue weighted by Gasteiger charge is 2.35. The fourth-order valence-electron chi connectivity index (χ4n) is 1.12. The van der Waals surface area contributed by atoms with Crippen molar-refractivity contribution in [1.29, 1.82) is 0 Å². The van der Waals surface area contributed by atoms with Crippen molar-refractivity contribution in [3.05, 3.63) is 12.2 Å². The molecule has 1 N–H and O–H groups in total. The van der Waals surface area contributed by atoms with Crippen molar-refractivity contribution in [3.63, 3.8) is 0 Å². The first-order chi connectivity index (χ1) is 6.61. The predicted molar refractivity (Wildman–Crippen MR) is 43.9 cm³/mol. The molecule has 0 fully saturated rings. The lowest BCUT2D eigenvalue weighted by Crippen LogP contribution is -2.47. The minimum atomic E-state index is -1.25. The van der Waals surface area contributed by atoms with Crippen LogP contribution in [0.2, 0.25) is 0 Å². The molecule has 0 aromatic heterocycles. The fraction of sp³-hybridized carbons (Fsp3) is 0.375. The largest absolute Gasteiger partial charge is 0.467 e. The molecule has 0 saturated carbocycles. The van der Waals surface area contributed by atoms with Gasteiger partial charge in [-0.15, -0.1) is 0 Å². The highest BCUT2D eigenvalue weighted by atomic mass is 16.5. The second-order valence-electron chi connectivity index (χ2n) is 2.60. The monoisotopic (exact) mass is 199 g/mol. The number of hydrogen-bond acceptors (Lipinski definition) is 5. The van der Waals surface area contributed by atoms with Crippen LogP contribution in [0.25, 0.3) is 0 Å². The summed E-state index contributed by atoms with van der Waals surface area (Å²) in [6.45, 7) is -0.647. The first kappa shape index (κ1) is 10.4. The third-order valence-corrected chi connectivity index (χ3v) is 1.80. The van der Waals surface area contributed by atoms with Crippen molar-refractivity contribution in [2.75, 3.05) is 13.7 Å². The highest BCUT2D eigenvalue weighted by Crippen LogP contribution is 2.09. The van der Waals surface area contributed by atoms with Crippen molar-refractivity contribution >= 4 is 17.8 Å². The first-order valence-corrected chi connectivity index (χ1v) is 3.85. The summed E-state index contributed by atoms with van der Waals surface area (Å²) in [6, 6.07) is -1.25. The molecule has 0 unspecified atom stereocenters. The Morgan fingerprint density at radius 3 is 2.36 bits per heavy atom. The van der Waals surface area contributed by atoms with Crippen LogP contribution in [0.1, 0.15) is 0 Å². The van der Waals surface area contributed by atoms with Crippen molar-refractivity contribution < 1.29 is 24.2 Å². The Kier molecular flexibility index (Phi) is 2.98. The Balaban J connectivity index is 2.85. The van der Waals surface area contributed by atoms with E-state index in [4.69, 9.17) is 5.11 Å². The van der Waals surface area contributed by atoms with Gasteiger partial charge in [-0.2, -0.15) is 0 Å². The molecule has 0 spiro atoms. The van der Waals surface area contributed by atoms with E-state index >= 15 is 0 Å². The number of rotatable bonds is 3. The molecule has 0 aliphatic carbocycles. The highest BCUT2D eigenvalue weighted by molar-refractivity contribution is 6.14. The molecule has 1 heterocycles. The van der Waals surface area contributed by atoms with Crippen LogP contribution >= 0.6 is 0 Å². The van der Waals surface area contributed by atoms with Crippen molar-refractivity contribution in [2.45, 2.75) is 6.04 Å². The normalized spacial score (nSPS) is 17.4. The van der Waals surface area contributed by atoms with Gasteiger partial charge >= 0.3 is 5.97 Å². The summed E-state index contributed by atoms with van der Waals surface area (Å²) in [5, 5.41) is 8.85. The Bertz CT molecular complexity index is 291. The van der Waals surface area contributed by atoms with Crippen LogP contribution in [-0.2, 0) is 19.1 Å². The standard InChI is InChI=1S/C8H9NO5/c1-14-8(13)5(4-10)9-6(11)2-3-7(9)12/h2-3,5,10H,4H2,1H3/t5-/m0/s1. The molecule has 1 aliphatic rings. The quantitative estimate of drug-likeness (QED) is 0.439. The van der Waals surface area contributed by atoms with E-state index in [0.717, 1.165) is 19.3 Å². The molecular weight excluding hydrogens is 190 g/mol. The number of aliphatic hydroxyl groups is 1. The summed E-state index contributed by atoms with van der Waals surface area (Å²) < 4.78 is 4.34. The zero-order valence-electron chi connectivity index (χ0n) is 7.47. The van der Waals surface area contributed by atoms with E-state index in [9.17, 15) is 14.4 Å². The number of aliphatic hydroxyl groups excluding tert-OH is 1. The molecule has 6 nitrogen and oxygen atoms in total. The Hall–Kier alpha value is -1.69. The molecule has 76 valence electrons. The van der Waals surface area contributed by atoms with E-state index in [1.807, 2.05) is 0 Å². The van der Waals surface area contributed by atoms with Gasteiger partial charge in [0, 0.05) is 12.2 Å². The van der Waals surface area contributed by atoms with E-state index in [1.54, 1.807) is 0 Å². The lowest BCUT2D eigenvalue weighted by atomic mass is 10.2. The molecule has 0 aromatic carbocycles. The van der Waals surface area contributed by atoms with E-state index in [2.05, 4.69) is 4.74 Å². The molecule has 0 radical (unpaired) electrons. The molecule has 6 heteroatoms. The molecule has 1 aliphatic heterocycles. The second-order valence-corrected chi connectivity index (χ2v) is 2.60. The molecule has 14 heavy (non-hydrogen) atoms. The van der Waals surface area contributed by atoms with E-state index < -0.39 is 30.4 Å². The molecular formula is C8H9NO5. The van der Waals surface area contributed by atoms with E-state index in [1.165, 1.54) is 0 Å². The number of nitrogens with zero attached hydrogens (tertiary/aromatic N) is 1. The van der Waals surface area contributed by atoms with Gasteiger partial charge in [-0.1, -0.05) is 0 Å². The number of carbonyl (C=O) groups is 3. The number of imide groups is 1. The van der Waals surface area contributed by atoms with E-state index in [-0.39, 0.29) is 0 Å². The summed E-state index contributed by atoms with van der Waals surface area (Å²) in [5.74, 6) is -2.07. The van der Waals surface area contributed by atoms with Gasteiger partial charge in [0.1, 0.15) is 0 Å². The zero-order valence-corrected chi connectivity index (χ0v) is 7.47. The summed E-state index contributed by atoms with van der Waals surface area (Å²) >= 11 is 0. The number of methoxy groups -OCH3 is 1. The number of amides is 2. The van der Waals surface area contributed by atoms with Crippen LogP contribution in [-0.4, -0.2) is 47.5 Å². The number of ether oxygens (including phenoxy) is 1. The SMILES string of the molecule is COC(=O)[C@H](CO)N1C(=O)C=CC1=O. The summed E-state index contributed by atoms with van der Waals surface area (Å²) in [4.78, 5) is 33.9. The maximum absolute atomic E-state index is 11.1. The van der Waals surface area contributed by atoms with Crippen LogP contribution in [0, 0.1) is 0 Å². The topological polar surface area (TPSA) is 83.9 Å². The van der Waals surface area contributed by atoms with Gasteiger partial charge in [0.25, 0.3) is 11.8 Å². The third-order valence-electron chi connectivity index (χ3n) is 1.80. The minimum absolute atomic E-state index is 0.626. The Morgan fingerprint density at radius 1 is 1.50 bits per heavy atom. The lowest BCUT2D eigenvalue weighted by Gasteiger charge is -2.21. The van der Waals surface area contributed by atoms with Gasteiger partial charge < -0.3 is 9.84 Å². The van der Waals surface area contributed by atoms with Gasteiger partial charge in [0.15, 0.2) is 6.04 Å². The second kappa shape index (κ2) is 4.01. The number of hydrogen-bond donors (Lipinski definition) is 1. The Morgan fingerprint density at radius 2 is 2.00 bits per heavy atom. The first-order valence-electron chi connectivity index (χ1n) is 3.85. The van der Waals surface area contributed by atoms with Gasteiger partial charge in [-0.3, -0.25) is 14.5 Å². The molecule has 0 saturated heterocycles. The molecule has 2 amide bonds. The van der Waals surface area contributed by atoms with E-state index in [0.29, 0.717) is 4.90 Å². The van der Waals surface area contributed by atoms with Crippen LogP contribution in [0.5, 0.6) is 0 Å². The molecule has 1 atom stereocenters. The fourth-order valence-corrected chi connectivity index (χ4v) is 1.12. The lowest BCUT2D eigenvalue weighted by molar-refractivity contribution is -0.157. The third kappa shape index (κ3) is 1.64. The van der Waals surface area contributed by atoms with Crippen molar-refractivity contribution in [2.24, 2.45) is 0 Å². The number of carbonyl (C=O) groups excluding carboxylic acids is 3. The van der Waals surface area contributed by atoms with Gasteiger partial charge in [0.05, 0.1) is 13.7 Å². The van der Waals surface area contributed by atoms with Gasteiger partial charge in [0.2, 0.25) is 0 Å². The average Bonchev–Trinajstić information content (AvgIpc) is 2.50. The maximum Gasteiger partial charge on any atom is 0.331 e. The molecule has 1 rings (SSSR count). The van der Waals surface area contributed by atoms with Gasteiger partial charge in [-0.25, -0.2) is 4.79 Å². The minimum Gasteiger partial charge on any atom is -0.467 e. The Labute approximate surface area is 79.8 Å². The van der Waals surface area contributed by atoms with Gasteiger partial charge in [-0.05, 0) is 0 Å². The smallest absolute Gasteiger partial charge is 0.331 e. The average molecular weight is 199 g/mol. The summed E-state index contributed by atoms with van der Waals surface area (Å²) in [5.41, 5.74) is 0. The number of esters is 1. The molecule has 0 aromatic rings. The predicted octanol–water partition coefficient (Wildman–Crippen LogP) is -1.55. The van der Waals surface area contributed by atoms with Crippen LogP contribution in [0.3, 0.4) is 0 Å². The maximum atomic E-state index is 11.1. The zero-order chi connectivity index (χ0) is 10.7. The van der Waals surface area contributed by atoms with Crippen LogP contribution in [0.4, 0.5) is 0 Å². The summed E-state index contributed by atoms with van der Waals surface area (Å²) in [7, 11) is 1.11. The van der Waals surface area contributed by atoms with Crippen molar-refractivity contribution in [3.8, 4) is 0 Å². The molecule has 0 bridgehead atoms.